The molecule has 0 bridgehead atoms. The first kappa shape index (κ1) is 7.34. The lowest BCUT2D eigenvalue weighted by molar-refractivity contribution is -0.144. The summed E-state index contributed by atoms with van der Waals surface area (Å²) in [7, 11) is 0. The number of rotatable bonds is 1. The number of nitrogens with zero attached hydrogens (tertiary/aromatic N) is 1. The highest BCUT2D eigenvalue weighted by molar-refractivity contribution is 4.96. The van der Waals surface area contributed by atoms with Crippen LogP contribution >= 0.6 is 0 Å². The normalized spacial score (nSPS) is 35.0. The second-order valence-electron chi connectivity index (χ2n) is 4.80. The van der Waals surface area contributed by atoms with E-state index < -0.39 is 0 Å². The average molecular weight is 167 g/mol. The zero-order valence-electron chi connectivity index (χ0n) is 7.59. The molecule has 2 heterocycles. The number of ether oxygens (including phenoxy) is 1. The summed E-state index contributed by atoms with van der Waals surface area (Å²) in [6.07, 6.45) is 5.73. The number of likely N-dealkylation sites (tertiary alicyclic amines) is 1. The summed E-state index contributed by atoms with van der Waals surface area (Å²) < 4.78 is 5.34. The van der Waals surface area contributed by atoms with E-state index in [2.05, 4.69) is 4.90 Å². The van der Waals surface area contributed by atoms with Crippen LogP contribution in [0, 0.1) is 5.41 Å². The van der Waals surface area contributed by atoms with E-state index in [9.17, 15) is 0 Å². The van der Waals surface area contributed by atoms with Crippen molar-refractivity contribution >= 4 is 0 Å². The maximum absolute atomic E-state index is 5.34. The van der Waals surface area contributed by atoms with Gasteiger partial charge in [0.05, 0.1) is 13.2 Å². The van der Waals surface area contributed by atoms with Crippen molar-refractivity contribution < 1.29 is 4.74 Å². The maximum atomic E-state index is 5.34. The highest BCUT2D eigenvalue weighted by atomic mass is 16.5. The third-order valence-electron chi connectivity index (χ3n) is 3.57. The molecule has 0 unspecified atom stereocenters. The van der Waals surface area contributed by atoms with E-state index in [1.807, 2.05) is 0 Å². The number of hydrogen-bond donors (Lipinski definition) is 0. The molecule has 1 aliphatic carbocycles. The molecule has 0 atom stereocenters. The molecule has 3 aliphatic rings. The van der Waals surface area contributed by atoms with Gasteiger partial charge in [-0.05, 0) is 32.2 Å². The van der Waals surface area contributed by atoms with Gasteiger partial charge in [0.2, 0.25) is 0 Å². The Morgan fingerprint density at radius 1 is 1.25 bits per heavy atom. The molecule has 0 N–H and O–H groups in total. The van der Waals surface area contributed by atoms with Crippen LogP contribution in [-0.4, -0.2) is 37.2 Å². The largest absolute Gasteiger partial charge is 0.380 e. The van der Waals surface area contributed by atoms with Crippen molar-refractivity contribution in [3.8, 4) is 0 Å². The quantitative estimate of drug-likeness (QED) is 0.583. The van der Waals surface area contributed by atoms with Crippen molar-refractivity contribution in [3.63, 3.8) is 0 Å². The van der Waals surface area contributed by atoms with E-state index in [1.54, 1.807) is 0 Å². The van der Waals surface area contributed by atoms with Crippen molar-refractivity contribution in [2.45, 2.75) is 31.7 Å². The van der Waals surface area contributed by atoms with Crippen LogP contribution in [0.2, 0.25) is 0 Å². The summed E-state index contributed by atoms with van der Waals surface area (Å²) in [6, 6.07) is 0.961. The van der Waals surface area contributed by atoms with Crippen molar-refractivity contribution in [2.24, 2.45) is 5.41 Å². The minimum atomic E-state index is 0.598. The summed E-state index contributed by atoms with van der Waals surface area (Å²) in [5.41, 5.74) is 0.598. The predicted octanol–water partition coefficient (Wildman–Crippen LogP) is 1.26. The van der Waals surface area contributed by atoms with Crippen LogP contribution in [0.4, 0.5) is 0 Å². The van der Waals surface area contributed by atoms with Gasteiger partial charge in [-0.2, -0.15) is 0 Å². The predicted molar refractivity (Wildman–Crippen MR) is 47.1 cm³/mol. The molecule has 2 nitrogen and oxygen atoms in total. The van der Waals surface area contributed by atoms with Gasteiger partial charge in [0.25, 0.3) is 0 Å². The van der Waals surface area contributed by atoms with Crippen LogP contribution in [-0.2, 0) is 4.74 Å². The van der Waals surface area contributed by atoms with E-state index >= 15 is 0 Å². The Bertz CT molecular complexity index is 184. The second-order valence-corrected chi connectivity index (χ2v) is 4.80. The third-order valence-corrected chi connectivity index (χ3v) is 3.57. The summed E-state index contributed by atoms with van der Waals surface area (Å²) in [6.45, 7) is 4.76. The Morgan fingerprint density at radius 2 is 2.08 bits per heavy atom. The molecule has 1 spiro atoms. The van der Waals surface area contributed by atoms with E-state index in [1.165, 1.54) is 38.8 Å². The molecule has 0 aromatic rings. The molecule has 0 amide bonds. The van der Waals surface area contributed by atoms with E-state index in [0.717, 1.165) is 19.3 Å². The van der Waals surface area contributed by atoms with Crippen molar-refractivity contribution in [1.82, 2.24) is 4.90 Å². The van der Waals surface area contributed by atoms with Gasteiger partial charge in [-0.15, -0.1) is 0 Å². The lowest BCUT2D eigenvalue weighted by Crippen LogP contribution is -2.54. The smallest absolute Gasteiger partial charge is 0.0557 e. The van der Waals surface area contributed by atoms with Crippen LogP contribution in [0.25, 0.3) is 0 Å². The molecule has 2 saturated heterocycles. The lowest BCUT2D eigenvalue weighted by Gasteiger charge is -2.48. The van der Waals surface area contributed by atoms with Gasteiger partial charge in [0.1, 0.15) is 0 Å². The van der Waals surface area contributed by atoms with Crippen LogP contribution in [0.1, 0.15) is 25.7 Å². The molecule has 68 valence electrons. The summed E-state index contributed by atoms with van der Waals surface area (Å²) in [5, 5.41) is 0. The molecule has 1 saturated carbocycles. The Kier molecular flexibility index (Phi) is 1.50. The van der Waals surface area contributed by atoms with Crippen LogP contribution in [0.15, 0.2) is 0 Å². The van der Waals surface area contributed by atoms with Gasteiger partial charge >= 0.3 is 0 Å². The molecule has 3 rings (SSSR count). The van der Waals surface area contributed by atoms with Gasteiger partial charge in [0.15, 0.2) is 0 Å². The van der Waals surface area contributed by atoms with Crippen LogP contribution in [0.5, 0.6) is 0 Å². The van der Waals surface area contributed by atoms with Gasteiger partial charge in [-0.25, -0.2) is 0 Å². The third kappa shape index (κ3) is 1.09. The number of piperidine rings is 1. The van der Waals surface area contributed by atoms with E-state index in [0.29, 0.717) is 5.41 Å². The Labute approximate surface area is 73.9 Å². The first-order valence-electron chi connectivity index (χ1n) is 5.20. The highest BCUT2D eigenvalue weighted by Crippen LogP contribution is 2.40. The van der Waals surface area contributed by atoms with E-state index in [-0.39, 0.29) is 0 Å². The van der Waals surface area contributed by atoms with Gasteiger partial charge < -0.3 is 4.74 Å². The zero-order valence-corrected chi connectivity index (χ0v) is 7.59. The fraction of sp³-hybridized carbons (Fsp3) is 1.00. The minimum Gasteiger partial charge on any atom is -0.380 e. The molecular weight excluding hydrogens is 150 g/mol. The van der Waals surface area contributed by atoms with Crippen LogP contribution < -0.4 is 0 Å². The summed E-state index contributed by atoms with van der Waals surface area (Å²) in [5.74, 6) is 0. The van der Waals surface area contributed by atoms with Crippen molar-refractivity contribution in [2.75, 3.05) is 26.3 Å². The van der Waals surface area contributed by atoms with E-state index in [4.69, 9.17) is 4.74 Å². The zero-order chi connectivity index (χ0) is 8.02. The molecule has 12 heavy (non-hydrogen) atoms. The summed E-state index contributed by atoms with van der Waals surface area (Å²) >= 11 is 0. The second kappa shape index (κ2) is 2.46. The molecule has 0 aromatic carbocycles. The van der Waals surface area contributed by atoms with Crippen molar-refractivity contribution in [3.05, 3.63) is 0 Å². The molecule has 0 aromatic heterocycles. The van der Waals surface area contributed by atoms with Gasteiger partial charge in [0, 0.05) is 18.0 Å². The standard InChI is InChI=1S/C10H17NO/c1-4-10(7-12-8-10)6-11(5-1)9-2-3-9/h9H,1-8H2. The average Bonchev–Trinajstić information content (AvgIpc) is 2.84. The fourth-order valence-electron chi connectivity index (χ4n) is 2.62. The molecule has 3 fully saturated rings. The Hall–Kier alpha value is -0.0800. The fourth-order valence-corrected chi connectivity index (χ4v) is 2.62. The number of hydrogen-bond acceptors (Lipinski definition) is 2. The highest BCUT2D eigenvalue weighted by Gasteiger charge is 2.44. The monoisotopic (exact) mass is 167 g/mol. The first-order chi connectivity index (χ1) is 5.88. The van der Waals surface area contributed by atoms with Crippen molar-refractivity contribution in [1.29, 1.82) is 0 Å². The molecule has 0 radical (unpaired) electrons. The summed E-state index contributed by atoms with van der Waals surface area (Å²) in [4.78, 5) is 2.70. The molecule has 2 aliphatic heterocycles. The van der Waals surface area contributed by atoms with Crippen LogP contribution in [0.3, 0.4) is 0 Å². The topological polar surface area (TPSA) is 12.5 Å². The SMILES string of the molecule is C1CN(C2CC2)CC2(C1)COC2. The van der Waals surface area contributed by atoms with Gasteiger partial charge in [-0.3, -0.25) is 4.90 Å². The van der Waals surface area contributed by atoms with Gasteiger partial charge in [-0.1, -0.05) is 0 Å². The molecule has 2 heteroatoms. The first-order valence-corrected chi connectivity index (χ1v) is 5.20. The Balaban J connectivity index is 1.66. The molecular formula is C10H17NO. The minimum absolute atomic E-state index is 0.598. The Morgan fingerprint density at radius 3 is 2.67 bits per heavy atom. The maximum Gasteiger partial charge on any atom is 0.0557 e. The lowest BCUT2D eigenvalue weighted by atomic mass is 9.78.